The highest BCUT2D eigenvalue weighted by molar-refractivity contribution is 5.96. The van der Waals surface area contributed by atoms with Gasteiger partial charge in [0.15, 0.2) is 0 Å². The molecule has 0 aliphatic heterocycles. The van der Waals surface area contributed by atoms with E-state index >= 15 is 0 Å². The van der Waals surface area contributed by atoms with Gasteiger partial charge in [0, 0.05) is 12.2 Å². The lowest BCUT2D eigenvalue weighted by molar-refractivity contribution is -0.137. The molecule has 0 aliphatic carbocycles. The average molecular weight is 356 g/mol. The first-order valence-electron chi connectivity index (χ1n) is 7.98. The smallest absolute Gasteiger partial charge is 0.244 e. The summed E-state index contributed by atoms with van der Waals surface area (Å²) in [6, 6.07) is 5.21. The quantitative estimate of drug-likeness (QED) is 0.852. The van der Waals surface area contributed by atoms with E-state index in [1.165, 1.54) is 4.90 Å². The van der Waals surface area contributed by atoms with Crippen LogP contribution in [-0.4, -0.2) is 35.8 Å². The van der Waals surface area contributed by atoms with E-state index in [0.717, 1.165) is 16.8 Å². The van der Waals surface area contributed by atoms with Gasteiger partial charge >= 0.3 is 0 Å². The minimum absolute atomic E-state index is 0. The van der Waals surface area contributed by atoms with Gasteiger partial charge in [0.05, 0.1) is 12.6 Å². The van der Waals surface area contributed by atoms with Crippen molar-refractivity contribution in [3.05, 3.63) is 29.3 Å². The van der Waals surface area contributed by atoms with Crippen molar-refractivity contribution >= 4 is 29.9 Å². The maximum atomic E-state index is 12.5. The lowest BCUT2D eigenvalue weighted by atomic mass is 9.86. The fourth-order valence-corrected chi connectivity index (χ4v) is 2.28. The normalized spacial score (nSPS) is 12.1. The fourth-order valence-electron chi connectivity index (χ4n) is 2.28. The third-order valence-electron chi connectivity index (χ3n) is 3.97. The Morgan fingerprint density at radius 3 is 2.12 bits per heavy atom. The van der Waals surface area contributed by atoms with Crippen LogP contribution in [0.15, 0.2) is 18.2 Å². The second-order valence-corrected chi connectivity index (χ2v) is 7.01. The van der Waals surface area contributed by atoms with E-state index < -0.39 is 6.04 Å². The van der Waals surface area contributed by atoms with Crippen LogP contribution in [0.2, 0.25) is 0 Å². The number of hydrogen-bond donors (Lipinski definition) is 2. The first-order valence-corrected chi connectivity index (χ1v) is 7.98. The van der Waals surface area contributed by atoms with Crippen molar-refractivity contribution in [3.63, 3.8) is 0 Å². The molecular weight excluding hydrogens is 326 g/mol. The Hall–Kier alpha value is -1.59. The zero-order chi connectivity index (χ0) is 17.8. The minimum Gasteiger partial charge on any atom is -0.332 e. The molecule has 0 aliphatic rings. The monoisotopic (exact) mass is 355 g/mol. The van der Waals surface area contributed by atoms with Crippen molar-refractivity contribution in [1.29, 1.82) is 0 Å². The molecule has 0 unspecified atom stereocenters. The summed E-state index contributed by atoms with van der Waals surface area (Å²) in [5.74, 6) is -0.407. The van der Waals surface area contributed by atoms with Crippen molar-refractivity contribution in [1.82, 2.24) is 4.90 Å². The summed E-state index contributed by atoms with van der Waals surface area (Å²) in [4.78, 5) is 26.3. The number of carbonyl (C=O) groups excluding carboxylic acids is 2. The molecule has 1 atom stereocenters. The summed E-state index contributed by atoms with van der Waals surface area (Å²) in [5, 5.41) is 2.90. The van der Waals surface area contributed by atoms with Crippen molar-refractivity contribution in [3.8, 4) is 0 Å². The Balaban J connectivity index is 0.00000529. The molecule has 136 valence electrons. The molecule has 1 aromatic rings. The molecule has 1 rings (SSSR count). The molecule has 0 saturated carbocycles. The minimum atomic E-state index is -0.629. The Kier molecular flexibility index (Phi) is 8.44. The SMILES string of the molecule is CCN(CC(=O)Nc1c(C)cccc1C)C(=O)[C@@H](N)C(C)(C)C.Cl. The van der Waals surface area contributed by atoms with E-state index in [-0.39, 0.29) is 36.2 Å². The van der Waals surface area contributed by atoms with Crippen LogP contribution in [-0.2, 0) is 9.59 Å². The number of para-hydroxylation sites is 1. The van der Waals surface area contributed by atoms with Gasteiger partial charge in [0.25, 0.3) is 0 Å². The summed E-state index contributed by atoms with van der Waals surface area (Å²) in [6.45, 7) is 11.9. The second kappa shape index (κ2) is 9.04. The van der Waals surface area contributed by atoms with E-state index in [4.69, 9.17) is 5.73 Å². The number of benzene rings is 1. The van der Waals surface area contributed by atoms with Crippen LogP contribution in [0, 0.1) is 19.3 Å². The van der Waals surface area contributed by atoms with Gasteiger partial charge in [-0.05, 0) is 37.3 Å². The van der Waals surface area contributed by atoms with Crippen molar-refractivity contribution in [2.75, 3.05) is 18.4 Å². The summed E-state index contributed by atoms with van der Waals surface area (Å²) in [7, 11) is 0. The van der Waals surface area contributed by atoms with Crippen molar-refractivity contribution in [2.45, 2.75) is 47.6 Å². The molecule has 5 nitrogen and oxygen atoms in total. The van der Waals surface area contributed by atoms with Gasteiger partial charge in [0.1, 0.15) is 0 Å². The topological polar surface area (TPSA) is 75.4 Å². The van der Waals surface area contributed by atoms with Gasteiger partial charge in [-0.1, -0.05) is 39.0 Å². The number of halogens is 1. The van der Waals surface area contributed by atoms with Gasteiger partial charge in [0.2, 0.25) is 11.8 Å². The first kappa shape index (κ1) is 22.4. The lowest BCUT2D eigenvalue weighted by Gasteiger charge is -2.31. The standard InChI is InChI=1S/C18H29N3O2.ClH/c1-7-21(17(23)16(19)18(4,5)6)11-14(22)20-15-12(2)9-8-10-13(15)3;/h8-10,16H,7,11,19H2,1-6H3,(H,20,22);1H/t16-;/m1./s1. The number of nitrogens with zero attached hydrogens (tertiary/aromatic N) is 1. The molecule has 24 heavy (non-hydrogen) atoms. The molecule has 2 amide bonds. The molecule has 0 spiro atoms. The highest BCUT2D eigenvalue weighted by atomic mass is 35.5. The molecule has 1 aromatic carbocycles. The second-order valence-electron chi connectivity index (χ2n) is 7.01. The number of amides is 2. The summed E-state index contributed by atoms with van der Waals surface area (Å²) in [5.41, 5.74) is 8.49. The first-order chi connectivity index (χ1) is 10.6. The Morgan fingerprint density at radius 1 is 1.21 bits per heavy atom. The van der Waals surface area contributed by atoms with Crippen LogP contribution in [0.25, 0.3) is 0 Å². The number of likely N-dealkylation sites (N-methyl/N-ethyl adjacent to an activating group) is 1. The number of nitrogens with one attached hydrogen (secondary N) is 1. The van der Waals surface area contributed by atoms with Gasteiger partial charge in [-0.15, -0.1) is 12.4 Å². The Labute approximate surface area is 151 Å². The zero-order valence-corrected chi connectivity index (χ0v) is 16.3. The fraction of sp³-hybridized carbons (Fsp3) is 0.556. The van der Waals surface area contributed by atoms with Crippen LogP contribution >= 0.6 is 12.4 Å². The molecule has 0 aromatic heterocycles. The highest BCUT2D eigenvalue weighted by Crippen LogP contribution is 2.20. The van der Waals surface area contributed by atoms with E-state index in [1.54, 1.807) is 0 Å². The third kappa shape index (κ3) is 5.80. The summed E-state index contributed by atoms with van der Waals surface area (Å²) in [6.07, 6.45) is 0. The molecule has 3 N–H and O–H groups in total. The number of hydrogen-bond acceptors (Lipinski definition) is 3. The largest absolute Gasteiger partial charge is 0.332 e. The van der Waals surface area contributed by atoms with Crippen LogP contribution in [0.1, 0.15) is 38.8 Å². The zero-order valence-electron chi connectivity index (χ0n) is 15.5. The van der Waals surface area contributed by atoms with E-state index in [9.17, 15) is 9.59 Å². The Bertz CT molecular complexity index is 562. The number of carbonyl (C=O) groups is 2. The number of anilines is 1. The third-order valence-corrected chi connectivity index (χ3v) is 3.97. The van der Waals surface area contributed by atoms with Crippen LogP contribution in [0.4, 0.5) is 5.69 Å². The number of rotatable bonds is 5. The predicted octanol–water partition coefficient (Wildman–Crippen LogP) is 2.89. The van der Waals surface area contributed by atoms with Crippen LogP contribution < -0.4 is 11.1 Å². The lowest BCUT2D eigenvalue weighted by Crippen LogP contribution is -2.52. The van der Waals surface area contributed by atoms with E-state index in [2.05, 4.69) is 5.32 Å². The molecule has 0 heterocycles. The number of aryl methyl sites for hydroxylation is 2. The molecule has 0 radical (unpaired) electrons. The van der Waals surface area contributed by atoms with Gasteiger partial charge in [-0.25, -0.2) is 0 Å². The summed E-state index contributed by atoms with van der Waals surface area (Å²) >= 11 is 0. The Morgan fingerprint density at radius 2 is 1.71 bits per heavy atom. The van der Waals surface area contributed by atoms with Gasteiger partial charge in [-0.3, -0.25) is 9.59 Å². The van der Waals surface area contributed by atoms with E-state index in [0.29, 0.717) is 6.54 Å². The molecule has 6 heteroatoms. The maximum absolute atomic E-state index is 12.5. The van der Waals surface area contributed by atoms with Crippen LogP contribution in [0.3, 0.4) is 0 Å². The van der Waals surface area contributed by atoms with Gasteiger partial charge < -0.3 is 16.0 Å². The average Bonchev–Trinajstić information content (AvgIpc) is 2.46. The molecule has 0 saturated heterocycles. The van der Waals surface area contributed by atoms with E-state index in [1.807, 2.05) is 59.7 Å². The molecule has 0 fully saturated rings. The molecule has 0 bridgehead atoms. The number of nitrogens with two attached hydrogens (primary N) is 1. The predicted molar refractivity (Wildman–Crippen MR) is 101 cm³/mol. The van der Waals surface area contributed by atoms with Crippen molar-refractivity contribution < 1.29 is 9.59 Å². The van der Waals surface area contributed by atoms with Gasteiger partial charge in [-0.2, -0.15) is 0 Å². The highest BCUT2D eigenvalue weighted by Gasteiger charge is 2.31. The molecular formula is C18H30ClN3O2. The van der Waals surface area contributed by atoms with Crippen LogP contribution in [0.5, 0.6) is 0 Å². The maximum Gasteiger partial charge on any atom is 0.244 e. The summed E-state index contributed by atoms with van der Waals surface area (Å²) < 4.78 is 0. The van der Waals surface area contributed by atoms with Crippen molar-refractivity contribution in [2.24, 2.45) is 11.1 Å².